The Morgan fingerprint density at radius 1 is 1.05 bits per heavy atom. The third kappa shape index (κ3) is 2.96. The van der Waals surface area contributed by atoms with Gasteiger partial charge in [-0.1, -0.05) is 17.7 Å². The lowest BCUT2D eigenvalue weighted by Crippen LogP contribution is -2.07. The van der Waals surface area contributed by atoms with Crippen molar-refractivity contribution in [2.75, 3.05) is 7.05 Å². The van der Waals surface area contributed by atoms with Crippen molar-refractivity contribution in [2.45, 2.75) is 20.4 Å². The van der Waals surface area contributed by atoms with Crippen LogP contribution in [-0.4, -0.2) is 7.05 Å². The Bertz CT molecular complexity index is 608. The van der Waals surface area contributed by atoms with Gasteiger partial charge in [0, 0.05) is 11.6 Å². The molecule has 0 aromatic heterocycles. The van der Waals surface area contributed by atoms with Gasteiger partial charge in [-0.2, -0.15) is 0 Å². The average molecular weight is 278 g/mol. The molecule has 0 radical (unpaired) electrons. The summed E-state index contributed by atoms with van der Waals surface area (Å²) in [6.45, 7) is 4.66. The Morgan fingerprint density at radius 2 is 1.79 bits per heavy atom. The molecule has 1 N–H and O–H groups in total. The third-order valence-corrected chi connectivity index (χ3v) is 3.64. The maximum atomic E-state index is 13.5. The minimum absolute atomic E-state index is 0.221. The number of nitrogens with one attached hydrogen (secondary N) is 1. The molecular formula is C16H17ClFN. The van der Waals surface area contributed by atoms with Gasteiger partial charge in [-0.3, -0.25) is 0 Å². The Balaban J connectivity index is 2.63. The molecule has 0 aliphatic rings. The SMILES string of the molecule is CNCc1ccc(F)cc1-c1cc(C)c(Cl)cc1C. The molecule has 3 heteroatoms. The molecule has 19 heavy (non-hydrogen) atoms. The molecule has 0 spiro atoms. The first-order valence-corrected chi connectivity index (χ1v) is 6.61. The van der Waals surface area contributed by atoms with E-state index >= 15 is 0 Å². The summed E-state index contributed by atoms with van der Waals surface area (Å²) < 4.78 is 13.5. The fourth-order valence-corrected chi connectivity index (χ4v) is 2.43. The molecule has 0 unspecified atom stereocenters. The maximum Gasteiger partial charge on any atom is 0.123 e. The van der Waals surface area contributed by atoms with Gasteiger partial charge in [0.2, 0.25) is 0 Å². The van der Waals surface area contributed by atoms with Crippen molar-refractivity contribution in [3.05, 3.63) is 57.9 Å². The van der Waals surface area contributed by atoms with E-state index in [9.17, 15) is 4.39 Å². The quantitative estimate of drug-likeness (QED) is 0.872. The first-order chi connectivity index (χ1) is 9.02. The highest BCUT2D eigenvalue weighted by Gasteiger charge is 2.10. The van der Waals surface area contributed by atoms with Crippen LogP contribution in [0.4, 0.5) is 4.39 Å². The zero-order chi connectivity index (χ0) is 14.0. The van der Waals surface area contributed by atoms with Gasteiger partial charge in [0.15, 0.2) is 0 Å². The molecule has 0 aliphatic carbocycles. The fourth-order valence-electron chi connectivity index (χ4n) is 2.22. The Labute approximate surface area is 118 Å². The number of hydrogen-bond acceptors (Lipinski definition) is 1. The molecule has 0 saturated heterocycles. The zero-order valence-electron chi connectivity index (χ0n) is 11.3. The van der Waals surface area contributed by atoms with Gasteiger partial charge >= 0.3 is 0 Å². The zero-order valence-corrected chi connectivity index (χ0v) is 12.1. The van der Waals surface area contributed by atoms with Gasteiger partial charge in [0.1, 0.15) is 5.82 Å². The summed E-state index contributed by atoms with van der Waals surface area (Å²) >= 11 is 6.12. The van der Waals surface area contributed by atoms with Gasteiger partial charge in [-0.05, 0) is 73.0 Å². The molecule has 0 amide bonds. The van der Waals surface area contributed by atoms with Crippen molar-refractivity contribution in [3.63, 3.8) is 0 Å². The van der Waals surface area contributed by atoms with E-state index in [2.05, 4.69) is 5.32 Å². The van der Waals surface area contributed by atoms with Crippen LogP contribution in [0.2, 0.25) is 5.02 Å². The topological polar surface area (TPSA) is 12.0 Å². The lowest BCUT2D eigenvalue weighted by molar-refractivity contribution is 0.627. The van der Waals surface area contributed by atoms with Crippen molar-refractivity contribution in [1.82, 2.24) is 5.32 Å². The highest BCUT2D eigenvalue weighted by Crippen LogP contribution is 2.31. The summed E-state index contributed by atoms with van der Waals surface area (Å²) in [5.41, 5.74) is 5.09. The Hall–Kier alpha value is -1.38. The fraction of sp³-hybridized carbons (Fsp3) is 0.250. The molecule has 2 aromatic rings. The van der Waals surface area contributed by atoms with Crippen LogP contribution in [0.25, 0.3) is 11.1 Å². The summed E-state index contributed by atoms with van der Waals surface area (Å²) in [4.78, 5) is 0. The Morgan fingerprint density at radius 3 is 2.47 bits per heavy atom. The van der Waals surface area contributed by atoms with Crippen LogP contribution in [0.5, 0.6) is 0 Å². The highest BCUT2D eigenvalue weighted by molar-refractivity contribution is 6.31. The number of halogens is 2. The normalized spacial score (nSPS) is 10.8. The largest absolute Gasteiger partial charge is 0.316 e. The maximum absolute atomic E-state index is 13.5. The molecule has 0 saturated carbocycles. The van der Waals surface area contributed by atoms with Crippen LogP contribution in [0.3, 0.4) is 0 Å². The summed E-state index contributed by atoms with van der Waals surface area (Å²) in [5.74, 6) is -0.221. The second-order valence-corrected chi connectivity index (χ2v) is 5.16. The number of hydrogen-bond donors (Lipinski definition) is 1. The molecule has 2 aromatic carbocycles. The van der Waals surface area contributed by atoms with Crippen molar-refractivity contribution >= 4 is 11.6 Å². The summed E-state index contributed by atoms with van der Waals surface area (Å²) in [6.07, 6.45) is 0. The molecule has 0 bridgehead atoms. The van der Waals surface area contributed by atoms with Crippen LogP contribution in [0.1, 0.15) is 16.7 Å². The van der Waals surface area contributed by atoms with E-state index in [1.165, 1.54) is 6.07 Å². The van der Waals surface area contributed by atoms with Crippen molar-refractivity contribution < 1.29 is 4.39 Å². The summed E-state index contributed by atoms with van der Waals surface area (Å²) in [5, 5.41) is 3.85. The van der Waals surface area contributed by atoms with Gasteiger partial charge in [-0.15, -0.1) is 0 Å². The lowest BCUT2D eigenvalue weighted by atomic mass is 9.94. The predicted molar refractivity (Wildman–Crippen MR) is 79.1 cm³/mol. The van der Waals surface area contributed by atoms with E-state index in [1.807, 2.05) is 39.1 Å². The van der Waals surface area contributed by atoms with Crippen molar-refractivity contribution in [3.8, 4) is 11.1 Å². The van der Waals surface area contributed by atoms with Gasteiger partial charge < -0.3 is 5.32 Å². The first-order valence-electron chi connectivity index (χ1n) is 6.23. The average Bonchev–Trinajstić information content (AvgIpc) is 2.36. The number of aryl methyl sites for hydroxylation is 2. The van der Waals surface area contributed by atoms with Gasteiger partial charge in [0.25, 0.3) is 0 Å². The second-order valence-electron chi connectivity index (χ2n) is 4.75. The molecular weight excluding hydrogens is 261 g/mol. The Kier molecular flexibility index (Phi) is 4.23. The molecule has 0 atom stereocenters. The van der Waals surface area contributed by atoms with E-state index < -0.39 is 0 Å². The van der Waals surface area contributed by atoms with Crippen LogP contribution >= 0.6 is 11.6 Å². The van der Waals surface area contributed by atoms with E-state index in [1.54, 1.807) is 6.07 Å². The minimum Gasteiger partial charge on any atom is -0.316 e. The van der Waals surface area contributed by atoms with Gasteiger partial charge in [0.05, 0.1) is 0 Å². The van der Waals surface area contributed by atoms with Crippen molar-refractivity contribution in [1.29, 1.82) is 0 Å². The standard InChI is InChI=1S/C16H17ClFN/c1-10-7-16(17)11(2)6-14(10)15-8-13(18)5-4-12(15)9-19-3/h4-8,19H,9H2,1-3H3. The van der Waals surface area contributed by atoms with Crippen LogP contribution in [-0.2, 0) is 6.54 Å². The minimum atomic E-state index is -0.221. The molecule has 100 valence electrons. The first kappa shape index (κ1) is 14.0. The lowest BCUT2D eigenvalue weighted by Gasteiger charge is -2.14. The molecule has 2 rings (SSSR count). The van der Waals surface area contributed by atoms with E-state index in [0.29, 0.717) is 6.54 Å². The number of benzene rings is 2. The molecule has 0 fully saturated rings. The van der Waals surface area contributed by atoms with E-state index in [0.717, 1.165) is 32.8 Å². The highest BCUT2D eigenvalue weighted by atomic mass is 35.5. The monoisotopic (exact) mass is 277 g/mol. The number of rotatable bonds is 3. The van der Waals surface area contributed by atoms with Crippen LogP contribution in [0.15, 0.2) is 30.3 Å². The predicted octanol–water partition coefficient (Wildman–Crippen LogP) is 4.48. The molecule has 1 nitrogen and oxygen atoms in total. The van der Waals surface area contributed by atoms with E-state index in [-0.39, 0.29) is 5.82 Å². The van der Waals surface area contributed by atoms with Gasteiger partial charge in [-0.25, -0.2) is 4.39 Å². The smallest absolute Gasteiger partial charge is 0.123 e. The second kappa shape index (κ2) is 5.72. The summed E-state index contributed by atoms with van der Waals surface area (Å²) in [7, 11) is 1.88. The van der Waals surface area contributed by atoms with Crippen LogP contribution < -0.4 is 5.32 Å². The van der Waals surface area contributed by atoms with E-state index in [4.69, 9.17) is 11.6 Å². The summed E-state index contributed by atoms with van der Waals surface area (Å²) in [6, 6.07) is 8.85. The van der Waals surface area contributed by atoms with Crippen molar-refractivity contribution in [2.24, 2.45) is 0 Å². The molecule has 0 aliphatic heterocycles. The third-order valence-electron chi connectivity index (χ3n) is 3.23. The molecule has 0 heterocycles. The van der Waals surface area contributed by atoms with Crippen LogP contribution in [0, 0.1) is 19.7 Å².